The fraction of sp³-hybridized carbons (Fsp3) is 0.583. The predicted octanol–water partition coefficient (Wildman–Crippen LogP) is 2.09. The highest BCUT2D eigenvalue weighted by Gasteiger charge is 2.57. The standard InChI is InChI=1S/C12H13F3N2O/c13-12(14,15)10-3-9(1-2-17-10)18-7-11-4-8(11)5-16-6-11/h1-3,8,16H,4-7H2. The number of pyridine rings is 1. The van der Waals surface area contributed by atoms with Gasteiger partial charge in [0.2, 0.25) is 0 Å². The van der Waals surface area contributed by atoms with Crippen LogP contribution in [0, 0.1) is 11.3 Å². The Kier molecular flexibility index (Phi) is 2.52. The van der Waals surface area contributed by atoms with Crippen LogP contribution in [0.3, 0.4) is 0 Å². The number of rotatable bonds is 3. The van der Waals surface area contributed by atoms with Gasteiger partial charge in [-0.05, 0) is 24.9 Å². The highest BCUT2D eigenvalue weighted by molar-refractivity contribution is 5.24. The van der Waals surface area contributed by atoms with Crippen LogP contribution in [-0.2, 0) is 6.18 Å². The van der Waals surface area contributed by atoms with Gasteiger partial charge in [0.05, 0.1) is 6.61 Å². The van der Waals surface area contributed by atoms with Gasteiger partial charge in [-0.2, -0.15) is 13.2 Å². The monoisotopic (exact) mass is 258 g/mol. The molecule has 18 heavy (non-hydrogen) atoms. The molecule has 1 aromatic heterocycles. The van der Waals surface area contributed by atoms with Crippen LogP contribution in [0.15, 0.2) is 18.3 Å². The van der Waals surface area contributed by atoms with E-state index in [1.54, 1.807) is 0 Å². The van der Waals surface area contributed by atoms with Crippen molar-refractivity contribution in [2.45, 2.75) is 12.6 Å². The Labute approximate surface area is 102 Å². The van der Waals surface area contributed by atoms with Crippen LogP contribution in [0.25, 0.3) is 0 Å². The van der Waals surface area contributed by atoms with Gasteiger partial charge in [0, 0.05) is 24.2 Å². The summed E-state index contributed by atoms with van der Waals surface area (Å²) in [5.41, 5.74) is -0.754. The number of ether oxygens (including phenoxy) is 1. The number of alkyl halides is 3. The fourth-order valence-corrected chi connectivity index (χ4v) is 2.54. The summed E-state index contributed by atoms with van der Waals surface area (Å²) in [6, 6.07) is 2.42. The van der Waals surface area contributed by atoms with Crippen LogP contribution in [0.2, 0.25) is 0 Å². The lowest BCUT2D eigenvalue weighted by molar-refractivity contribution is -0.141. The van der Waals surface area contributed by atoms with Gasteiger partial charge in [0.15, 0.2) is 0 Å². The van der Waals surface area contributed by atoms with E-state index in [1.165, 1.54) is 6.07 Å². The molecule has 0 amide bonds. The maximum atomic E-state index is 12.5. The number of halogens is 3. The first kappa shape index (κ1) is 11.8. The molecule has 0 bridgehead atoms. The topological polar surface area (TPSA) is 34.1 Å². The molecule has 1 saturated heterocycles. The number of nitrogens with one attached hydrogen (secondary N) is 1. The lowest BCUT2D eigenvalue weighted by atomic mass is 10.1. The molecule has 0 aromatic carbocycles. The van der Waals surface area contributed by atoms with E-state index in [1.807, 2.05) is 0 Å². The molecule has 2 fully saturated rings. The lowest BCUT2D eigenvalue weighted by Gasteiger charge is -2.14. The minimum atomic E-state index is -4.42. The molecule has 1 aliphatic carbocycles. The van der Waals surface area contributed by atoms with Crippen molar-refractivity contribution >= 4 is 0 Å². The molecular weight excluding hydrogens is 245 g/mol. The zero-order valence-corrected chi connectivity index (χ0v) is 9.63. The maximum absolute atomic E-state index is 12.5. The number of fused-ring (bicyclic) bond motifs is 1. The van der Waals surface area contributed by atoms with Crippen molar-refractivity contribution in [3.8, 4) is 5.75 Å². The Morgan fingerprint density at radius 2 is 2.33 bits per heavy atom. The second kappa shape index (κ2) is 3.85. The average Bonchev–Trinajstić information content (AvgIpc) is 2.88. The van der Waals surface area contributed by atoms with Crippen molar-refractivity contribution < 1.29 is 17.9 Å². The summed E-state index contributed by atoms with van der Waals surface area (Å²) in [7, 11) is 0. The van der Waals surface area contributed by atoms with Crippen molar-refractivity contribution in [2.24, 2.45) is 11.3 Å². The minimum absolute atomic E-state index is 0.154. The fourth-order valence-electron chi connectivity index (χ4n) is 2.54. The van der Waals surface area contributed by atoms with Gasteiger partial charge in [0.1, 0.15) is 11.4 Å². The van der Waals surface area contributed by atoms with E-state index in [9.17, 15) is 13.2 Å². The molecular formula is C12H13F3N2O. The summed E-state index contributed by atoms with van der Waals surface area (Å²) >= 11 is 0. The Balaban J connectivity index is 1.66. The van der Waals surface area contributed by atoms with Crippen LogP contribution in [0.1, 0.15) is 12.1 Å². The Morgan fingerprint density at radius 3 is 2.94 bits per heavy atom. The molecule has 98 valence electrons. The number of hydrogen-bond donors (Lipinski definition) is 1. The second-order valence-corrected chi connectivity index (χ2v) is 5.06. The molecule has 1 saturated carbocycles. The first-order chi connectivity index (χ1) is 8.50. The Bertz CT molecular complexity index is 463. The molecule has 3 rings (SSSR count). The van der Waals surface area contributed by atoms with Gasteiger partial charge in [-0.25, -0.2) is 0 Å². The van der Waals surface area contributed by atoms with Gasteiger partial charge in [-0.3, -0.25) is 4.98 Å². The molecule has 1 N–H and O–H groups in total. The van der Waals surface area contributed by atoms with E-state index >= 15 is 0 Å². The third kappa shape index (κ3) is 2.05. The summed E-state index contributed by atoms with van der Waals surface area (Å²) in [6.07, 6.45) is -2.18. The van der Waals surface area contributed by atoms with E-state index in [-0.39, 0.29) is 11.2 Å². The molecule has 2 unspecified atom stereocenters. The molecule has 1 aliphatic heterocycles. The molecule has 2 aliphatic rings. The molecule has 6 heteroatoms. The third-order valence-electron chi connectivity index (χ3n) is 3.77. The third-order valence-corrected chi connectivity index (χ3v) is 3.77. The van der Waals surface area contributed by atoms with Gasteiger partial charge in [-0.15, -0.1) is 0 Å². The van der Waals surface area contributed by atoms with Crippen LogP contribution in [0.5, 0.6) is 5.75 Å². The number of nitrogens with zero attached hydrogens (tertiary/aromatic N) is 1. The zero-order valence-electron chi connectivity index (χ0n) is 9.63. The van der Waals surface area contributed by atoms with E-state index in [4.69, 9.17) is 4.74 Å². The number of hydrogen-bond acceptors (Lipinski definition) is 3. The van der Waals surface area contributed by atoms with E-state index in [2.05, 4.69) is 10.3 Å². The quantitative estimate of drug-likeness (QED) is 0.901. The Hall–Kier alpha value is -1.30. The van der Waals surface area contributed by atoms with Gasteiger partial charge in [0.25, 0.3) is 0 Å². The van der Waals surface area contributed by atoms with Gasteiger partial charge in [-0.1, -0.05) is 0 Å². The maximum Gasteiger partial charge on any atom is 0.433 e. The SMILES string of the molecule is FC(F)(F)c1cc(OCC23CNCC2C3)ccn1. The van der Waals surface area contributed by atoms with Crippen molar-refractivity contribution in [1.29, 1.82) is 0 Å². The van der Waals surface area contributed by atoms with Crippen molar-refractivity contribution in [1.82, 2.24) is 10.3 Å². The first-order valence-electron chi connectivity index (χ1n) is 5.86. The van der Waals surface area contributed by atoms with Gasteiger partial charge < -0.3 is 10.1 Å². The predicted molar refractivity (Wildman–Crippen MR) is 58.1 cm³/mol. The molecule has 3 nitrogen and oxygen atoms in total. The number of piperidine rings is 1. The summed E-state index contributed by atoms with van der Waals surface area (Å²) in [5.74, 6) is 0.866. The number of aromatic nitrogens is 1. The lowest BCUT2D eigenvalue weighted by Crippen LogP contribution is -2.22. The molecule has 1 aromatic rings. The van der Waals surface area contributed by atoms with Crippen molar-refractivity contribution in [3.63, 3.8) is 0 Å². The van der Waals surface area contributed by atoms with Crippen molar-refractivity contribution in [3.05, 3.63) is 24.0 Å². The molecule has 0 radical (unpaired) electrons. The highest BCUT2D eigenvalue weighted by Crippen LogP contribution is 2.54. The highest BCUT2D eigenvalue weighted by atomic mass is 19.4. The van der Waals surface area contributed by atoms with Crippen LogP contribution in [0.4, 0.5) is 13.2 Å². The molecule has 0 spiro atoms. The average molecular weight is 258 g/mol. The minimum Gasteiger partial charge on any atom is -0.493 e. The van der Waals surface area contributed by atoms with E-state index in [0.717, 1.165) is 31.8 Å². The summed E-state index contributed by atoms with van der Waals surface area (Å²) < 4.78 is 42.9. The first-order valence-corrected chi connectivity index (χ1v) is 5.86. The normalized spacial score (nSPS) is 30.1. The summed E-state index contributed by atoms with van der Waals surface area (Å²) in [5, 5.41) is 3.26. The smallest absolute Gasteiger partial charge is 0.433 e. The molecule has 2 atom stereocenters. The van der Waals surface area contributed by atoms with Gasteiger partial charge >= 0.3 is 6.18 Å². The Morgan fingerprint density at radius 1 is 1.50 bits per heavy atom. The van der Waals surface area contributed by atoms with Crippen molar-refractivity contribution in [2.75, 3.05) is 19.7 Å². The molecule has 2 heterocycles. The summed E-state index contributed by atoms with van der Waals surface area (Å²) in [4.78, 5) is 3.30. The second-order valence-electron chi connectivity index (χ2n) is 5.06. The largest absolute Gasteiger partial charge is 0.493 e. The summed E-state index contributed by atoms with van der Waals surface area (Å²) in [6.45, 7) is 2.37. The zero-order chi connectivity index (χ0) is 12.8. The van der Waals surface area contributed by atoms with Crippen LogP contribution < -0.4 is 10.1 Å². The van der Waals surface area contributed by atoms with Crippen LogP contribution in [-0.4, -0.2) is 24.7 Å². The van der Waals surface area contributed by atoms with E-state index in [0.29, 0.717) is 12.5 Å². The van der Waals surface area contributed by atoms with E-state index < -0.39 is 11.9 Å². The van der Waals surface area contributed by atoms with Crippen LogP contribution >= 0.6 is 0 Å².